The number of nitrogens with one attached hydrogen (secondary N) is 1. The number of ether oxygens (including phenoxy) is 3. The second-order valence-corrected chi connectivity index (χ2v) is 8.66. The first-order chi connectivity index (χ1) is 18.0. The minimum atomic E-state index is -0.315. The maximum Gasteiger partial charge on any atom is 0.270 e. The van der Waals surface area contributed by atoms with E-state index in [4.69, 9.17) is 19.2 Å². The van der Waals surface area contributed by atoms with Crippen molar-refractivity contribution in [3.05, 3.63) is 88.3 Å². The number of fused-ring (bicyclic) bond motifs is 5. The lowest BCUT2D eigenvalue weighted by Crippen LogP contribution is -2.24. The Morgan fingerprint density at radius 1 is 0.892 bits per heavy atom. The molecule has 184 valence electrons. The van der Waals surface area contributed by atoms with Crippen molar-refractivity contribution in [2.24, 2.45) is 0 Å². The van der Waals surface area contributed by atoms with Gasteiger partial charge in [0.15, 0.2) is 11.5 Å². The van der Waals surface area contributed by atoms with Gasteiger partial charge >= 0.3 is 0 Å². The van der Waals surface area contributed by atoms with Crippen LogP contribution in [-0.2, 0) is 6.54 Å². The SMILES string of the molecule is COc1ccc(CNC(=O)c2cc3c4ccccc4n4c(=O)c5c(OC)c(OC)ccc5c(n2)c34)cc1. The van der Waals surface area contributed by atoms with Crippen molar-refractivity contribution in [2.75, 3.05) is 21.3 Å². The molecule has 0 aliphatic rings. The van der Waals surface area contributed by atoms with E-state index >= 15 is 0 Å². The molecule has 0 unspecified atom stereocenters. The van der Waals surface area contributed by atoms with E-state index in [1.54, 1.807) is 29.7 Å². The van der Waals surface area contributed by atoms with E-state index in [-0.39, 0.29) is 17.2 Å². The normalized spacial score (nSPS) is 11.4. The Labute approximate surface area is 211 Å². The van der Waals surface area contributed by atoms with Gasteiger partial charge in [-0.1, -0.05) is 30.3 Å². The maximum absolute atomic E-state index is 13.9. The molecule has 0 fully saturated rings. The van der Waals surface area contributed by atoms with Crippen molar-refractivity contribution in [1.82, 2.24) is 14.7 Å². The van der Waals surface area contributed by atoms with Gasteiger partial charge in [-0.3, -0.25) is 14.0 Å². The van der Waals surface area contributed by atoms with Gasteiger partial charge in [0.25, 0.3) is 11.5 Å². The monoisotopic (exact) mass is 493 g/mol. The van der Waals surface area contributed by atoms with Gasteiger partial charge in [-0.15, -0.1) is 0 Å². The van der Waals surface area contributed by atoms with E-state index < -0.39 is 0 Å². The fourth-order valence-corrected chi connectivity index (χ4v) is 4.97. The number of pyridine rings is 2. The molecule has 6 aromatic rings. The topological polar surface area (TPSA) is 91.2 Å². The van der Waals surface area contributed by atoms with Gasteiger partial charge in [0, 0.05) is 22.7 Å². The number of carbonyl (C=O) groups excluding carboxylic acids is 1. The average Bonchev–Trinajstić information content (AvgIpc) is 3.28. The molecule has 3 aromatic heterocycles. The zero-order valence-electron chi connectivity index (χ0n) is 20.5. The lowest BCUT2D eigenvalue weighted by Gasteiger charge is -2.13. The van der Waals surface area contributed by atoms with Gasteiger partial charge in [0.1, 0.15) is 11.4 Å². The number of methoxy groups -OCH3 is 3. The van der Waals surface area contributed by atoms with Crippen molar-refractivity contribution >= 4 is 44.0 Å². The number of aromatic nitrogens is 2. The Balaban J connectivity index is 1.58. The number of nitrogens with zero attached hydrogens (tertiary/aromatic N) is 2. The summed E-state index contributed by atoms with van der Waals surface area (Å²) in [4.78, 5) is 31.9. The van der Waals surface area contributed by atoms with Crippen molar-refractivity contribution in [2.45, 2.75) is 6.54 Å². The van der Waals surface area contributed by atoms with E-state index in [2.05, 4.69) is 5.32 Å². The first-order valence-electron chi connectivity index (χ1n) is 11.7. The number of hydrogen-bond acceptors (Lipinski definition) is 6. The second kappa shape index (κ2) is 8.67. The minimum Gasteiger partial charge on any atom is -0.497 e. The standard InChI is InChI=1S/C29H23N3O5/c1-35-17-10-8-16(9-11-17)15-30-28(33)21-14-20-18-6-4-5-7-22(18)32-26(20)25(31-21)19-12-13-23(36-2)27(37-3)24(19)29(32)34/h4-14H,15H2,1-3H3,(H,30,33). The van der Waals surface area contributed by atoms with Gasteiger partial charge in [-0.2, -0.15) is 0 Å². The van der Waals surface area contributed by atoms with Gasteiger partial charge < -0.3 is 19.5 Å². The van der Waals surface area contributed by atoms with Crippen molar-refractivity contribution in [3.63, 3.8) is 0 Å². The highest BCUT2D eigenvalue weighted by atomic mass is 16.5. The molecular weight excluding hydrogens is 470 g/mol. The molecule has 1 amide bonds. The molecule has 3 aromatic carbocycles. The van der Waals surface area contributed by atoms with Crippen molar-refractivity contribution in [1.29, 1.82) is 0 Å². The molecule has 0 bridgehead atoms. The van der Waals surface area contributed by atoms with Gasteiger partial charge in [0.05, 0.1) is 43.3 Å². The summed E-state index contributed by atoms with van der Waals surface area (Å²) in [5, 5.41) is 5.53. The highest BCUT2D eigenvalue weighted by molar-refractivity contribution is 6.21. The Morgan fingerprint density at radius 3 is 2.41 bits per heavy atom. The molecule has 0 aliphatic carbocycles. The van der Waals surface area contributed by atoms with Crippen molar-refractivity contribution in [3.8, 4) is 17.2 Å². The van der Waals surface area contributed by atoms with Gasteiger partial charge in [0.2, 0.25) is 0 Å². The average molecular weight is 494 g/mol. The lowest BCUT2D eigenvalue weighted by molar-refractivity contribution is 0.0946. The van der Waals surface area contributed by atoms with Crippen LogP contribution < -0.4 is 25.1 Å². The summed E-state index contributed by atoms with van der Waals surface area (Å²) in [6, 6.07) is 20.4. The number of para-hydroxylation sites is 1. The number of carbonyl (C=O) groups is 1. The molecule has 6 rings (SSSR count). The predicted octanol–water partition coefficient (Wildman–Crippen LogP) is 4.55. The molecule has 0 saturated carbocycles. The fourth-order valence-electron chi connectivity index (χ4n) is 4.97. The van der Waals surface area contributed by atoms with E-state index in [1.165, 1.54) is 14.2 Å². The molecule has 0 saturated heterocycles. The Morgan fingerprint density at radius 2 is 1.68 bits per heavy atom. The number of hydrogen-bond donors (Lipinski definition) is 1. The Hall–Kier alpha value is -4.85. The van der Waals surface area contributed by atoms with Crippen LogP contribution in [0, 0.1) is 0 Å². The minimum absolute atomic E-state index is 0.233. The summed E-state index contributed by atoms with van der Waals surface area (Å²) < 4.78 is 17.9. The van der Waals surface area contributed by atoms with Gasteiger partial charge in [-0.05, 0) is 42.0 Å². The largest absolute Gasteiger partial charge is 0.497 e. The van der Waals surface area contributed by atoms with Crippen LogP contribution in [0.5, 0.6) is 17.2 Å². The molecule has 0 aliphatic heterocycles. The van der Waals surface area contributed by atoms with Crippen LogP contribution in [-0.4, -0.2) is 36.6 Å². The Kier molecular flexibility index (Phi) is 5.30. The molecule has 1 N–H and O–H groups in total. The maximum atomic E-state index is 13.9. The Bertz CT molecular complexity index is 1880. The molecule has 3 heterocycles. The summed E-state index contributed by atoms with van der Waals surface area (Å²) in [7, 11) is 4.64. The lowest BCUT2D eigenvalue weighted by atomic mass is 10.1. The molecular formula is C29H23N3O5. The number of rotatable bonds is 6. The van der Waals surface area contributed by atoms with Crippen LogP contribution in [0.15, 0.2) is 71.5 Å². The summed E-state index contributed by atoms with van der Waals surface area (Å²) in [5.74, 6) is 1.21. The smallest absolute Gasteiger partial charge is 0.270 e. The van der Waals surface area contributed by atoms with Crippen LogP contribution in [0.1, 0.15) is 16.1 Å². The number of benzene rings is 3. The van der Waals surface area contributed by atoms with E-state index in [1.807, 2.05) is 48.5 Å². The molecule has 0 spiro atoms. The highest BCUT2D eigenvalue weighted by Crippen LogP contribution is 2.39. The third kappa shape index (κ3) is 3.41. The molecule has 8 nitrogen and oxygen atoms in total. The molecule has 8 heteroatoms. The van der Waals surface area contributed by atoms with Crippen LogP contribution in [0.4, 0.5) is 0 Å². The summed E-state index contributed by atoms with van der Waals surface area (Å²) >= 11 is 0. The molecule has 37 heavy (non-hydrogen) atoms. The zero-order chi connectivity index (χ0) is 25.7. The zero-order valence-corrected chi connectivity index (χ0v) is 20.5. The third-order valence-corrected chi connectivity index (χ3v) is 6.71. The van der Waals surface area contributed by atoms with E-state index in [9.17, 15) is 9.59 Å². The van der Waals surface area contributed by atoms with Crippen molar-refractivity contribution < 1.29 is 19.0 Å². The summed E-state index contributed by atoms with van der Waals surface area (Å²) in [6.07, 6.45) is 0. The summed E-state index contributed by atoms with van der Waals surface area (Å²) in [5.41, 5.74) is 2.89. The third-order valence-electron chi connectivity index (χ3n) is 6.71. The van der Waals surface area contributed by atoms with Crippen LogP contribution in [0.3, 0.4) is 0 Å². The molecule has 0 radical (unpaired) electrons. The van der Waals surface area contributed by atoms with Crippen LogP contribution in [0.2, 0.25) is 0 Å². The predicted molar refractivity (Wildman–Crippen MR) is 142 cm³/mol. The van der Waals surface area contributed by atoms with E-state index in [0.29, 0.717) is 39.8 Å². The first kappa shape index (κ1) is 22.6. The molecule has 0 atom stereocenters. The fraction of sp³-hybridized carbons (Fsp3) is 0.138. The van der Waals surface area contributed by atoms with Crippen LogP contribution >= 0.6 is 0 Å². The first-order valence-corrected chi connectivity index (χ1v) is 11.7. The van der Waals surface area contributed by atoms with Gasteiger partial charge in [-0.25, -0.2) is 4.98 Å². The van der Waals surface area contributed by atoms with E-state index in [0.717, 1.165) is 27.6 Å². The van der Waals surface area contributed by atoms with Crippen LogP contribution in [0.25, 0.3) is 38.1 Å². The number of amides is 1. The highest BCUT2D eigenvalue weighted by Gasteiger charge is 2.24. The second-order valence-electron chi connectivity index (χ2n) is 8.66. The quantitative estimate of drug-likeness (QED) is 0.343. The summed E-state index contributed by atoms with van der Waals surface area (Å²) in [6.45, 7) is 0.333.